The van der Waals surface area contributed by atoms with Gasteiger partial charge in [0.05, 0.1) is 0 Å². The number of hydrogen-bond acceptors (Lipinski definition) is 3. The summed E-state index contributed by atoms with van der Waals surface area (Å²) in [6.45, 7) is 0. The molecule has 1 fully saturated rings. The Bertz CT molecular complexity index is 382. The normalized spacial score (nSPS) is 29.4. The summed E-state index contributed by atoms with van der Waals surface area (Å²) in [6.07, 6.45) is 1.55. The van der Waals surface area contributed by atoms with Gasteiger partial charge >= 0.3 is 102 Å². The van der Waals surface area contributed by atoms with Gasteiger partial charge in [-0.2, -0.15) is 0 Å². The molecule has 16 heavy (non-hydrogen) atoms. The third-order valence-corrected chi connectivity index (χ3v) is 6.87. The third kappa shape index (κ3) is 3.19. The zero-order valence-corrected chi connectivity index (χ0v) is 11.8. The summed E-state index contributed by atoms with van der Waals surface area (Å²) >= 11 is 0.398. The first-order valence-corrected chi connectivity index (χ1v) is 9.02. The molecular weight excluding hydrogens is 290 g/mol. The fraction of sp³-hybridized carbons (Fsp3) is 0.455. The van der Waals surface area contributed by atoms with Gasteiger partial charge in [-0.1, -0.05) is 0 Å². The van der Waals surface area contributed by atoms with Crippen LogP contribution in [0.3, 0.4) is 0 Å². The molecule has 0 saturated carbocycles. The molecule has 1 aromatic carbocycles. The fourth-order valence-corrected chi connectivity index (χ4v) is 5.45. The fourth-order valence-electron chi connectivity index (χ4n) is 1.59. The van der Waals surface area contributed by atoms with E-state index in [0.29, 0.717) is 21.1 Å². The van der Waals surface area contributed by atoms with Gasteiger partial charge in [-0.3, -0.25) is 0 Å². The molecule has 1 aliphatic heterocycles. The summed E-state index contributed by atoms with van der Waals surface area (Å²) in [4.78, 5) is 0. The molecule has 1 aromatic rings. The molecule has 0 bridgehead atoms. The van der Waals surface area contributed by atoms with E-state index in [1.807, 2.05) is 18.2 Å². The molecule has 2 rings (SSSR count). The number of hydrogen-bond donors (Lipinski definition) is 0. The van der Waals surface area contributed by atoms with E-state index in [2.05, 4.69) is 12.1 Å². The second kappa shape index (κ2) is 5.48. The summed E-state index contributed by atoms with van der Waals surface area (Å²) in [6, 6.07) is 10.4. The van der Waals surface area contributed by atoms with Crippen LogP contribution in [0.15, 0.2) is 30.3 Å². The van der Waals surface area contributed by atoms with Crippen molar-refractivity contribution in [2.45, 2.75) is 17.8 Å². The Balaban J connectivity index is 1.83. The Hall–Kier alpha value is -0.111. The first-order valence-electron chi connectivity index (χ1n) is 5.23. The van der Waals surface area contributed by atoms with Crippen molar-refractivity contribution in [2.75, 3.05) is 13.3 Å². The van der Waals surface area contributed by atoms with Crippen LogP contribution >= 0.6 is 7.60 Å². The number of rotatable bonds is 4. The van der Waals surface area contributed by atoms with Crippen molar-refractivity contribution < 1.29 is 13.6 Å². The predicted molar refractivity (Wildman–Crippen MR) is 65.6 cm³/mol. The maximum absolute atomic E-state index is 11.8. The van der Waals surface area contributed by atoms with E-state index in [4.69, 9.17) is 9.05 Å². The van der Waals surface area contributed by atoms with Gasteiger partial charge < -0.3 is 0 Å². The predicted octanol–water partition coefficient (Wildman–Crippen LogP) is 2.06. The van der Waals surface area contributed by atoms with Crippen molar-refractivity contribution in [3.8, 4) is 0 Å². The average molecular weight is 305 g/mol. The Morgan fingerprint density at radius 2 is 2.25 bits per heavy atom. The summed E-state index contributed by atoms with van der Waals surface area (Å²) < 4.78 is 23.5. The van der Waals surface area contributed by atoms with Crippen LogP contribution in [0.25, 0.3) is 0 Å². The van der Waals surface area contributed by atoms with E-state index in [1.54, 1.807) is 0 Å². The van der Waals surface area contributed by atoms with E-state index in [-0.39, 0.29) is 6.10 Å². The van der Waals surface area contributed by atoms with E-state index >= 15 is 0 Å². The first-order chi connectivity index (χ1) is 7.72. The molecule has 0 N–H and O–H groups in total. The van der Waals surface area contributed by atoms with Crippen LogP contribution in [0, 0.1) is 0 Å². The molecule has 0 radical (unpaired) electrons. The van der Waals surface area contributed by atoms with Gasteiger partial charge in [0.1, 0.15) is 0 Å². The maximum atomic E-state index is 11.8. The summed E-state index contributed by atoms with van der Waals surface area (Å²) in [7, 11) is -1.25. The number of benzene rings is 1. The van der Waals surface area contributed by atoms with Gasteiger partial charge in [0.2, 0.25) is 0 Å². The Labute approximate surface area is 102 Å². The van der Waals surface area contributed by atoms with Crippen LogP contribution < -0.4 is 4.46 Å². The molecule has 0 spiro atoms. The van der Waals surface area contributed by atoms with Crippen LogP contribution in [-0.2, 0) is 13.6 Å². The quantitative estimate of drug-likeness (QED) is 0.631. The van der Waals surface area contributed by atoms with E-state index in [9.17, 15) is 4.57 Å². The SMILES string of the molecule is COP1(=O)CCC(C[Se]c2ccccc2)O1. The van der Waals surface area contributed by atoms with Crippen molar-refractivity contribution in [1.82, 2.24) is 0 Å². The minimum atomic E-state index is -2.72. The second-order valence-electron chi connectivity index (χ2n) is 3.66. The molecule has 1 aliphatic rings. The molecule has 2 unspecified atom stereocenters. The van der Waals surface area contributed by atoms with Crippen molar-refractivity contribution in [2.24, 2.45) is 0 Å². The molecule has 1 heterocycles. The minimum absolute atomic E-state index is 0.117. The molecule has 88 valence electrons. The molecule has 2 atom stereocenters. The average Bonchev–Trinajstić information content (AvgIpc) is 2.71. The molecule has 3 nitrogen and oxygen atoms in total. The molecular formula is C11H15O3PSe. The van der Waals surface area contributed by atoms with Gasteiger partial charge in [0.15, 0.2) is 0 Å². The van der Waals surface area contributed by atoms with E-state index < -0.39 is 7.60 Å². The second-order valence-corrected chi connectivity index (χ2v) is 8.20. The summed E-state index contributed by atoms with van der Waals surface area (Å²) in [5.41, 5.74) is 0. The van der Waals surface area contributed by atoms with Crippen molar-refractivity contribution in [3.63, 3.8) is 0 Å². The zero-order valence-electron chi connectivity index (χ0n) is 9.17. The first kappa shape index (κ1) is 12.3. The Morgan fingerprint density at radius 1 is 1.50 bits per heavy atom. The zero-order chi connectivity index (χ0) is 11.4. The van der Waals surface area contributed by atoms with Crippen molar-refractivity contribution >= 4 is 27.0 Å². The molecule has 1 saturated heterocycles. The van der Waals surface area contributed by atoms with Crippen LogP contribution in [0.4, 0.5) is 0 Å². The van der Waals surface area contributed by atoms with Gasteiger partial charge in [-0.15, -0.1) is 0 Å². The molecule has 5 heteroatoms. The summed E-state index contributed by atoms with van der Waals surface area (Å²) in [5, 5.41) is 0.977. The van der Waals surface area contributed by atoms with E-state index in [0.717, 1.165) is 11.7 Å². The molecule has 0 aromatic heterocycles. The van der Waals surface area contributed by atoms with Crippen LogP contribution in [-0.4, -0.2) is 34.3 Å². The molecule has 0 aliphatic carbocycles. The van der Waals surface area contributed by atoms with Crippen LogP contribution in [0.2, 0.25) is 5.32 Å². The van der Waals surface area contributed by atoms with E-state index in [1.165, 1.54) is 11.6 Å². The van der Waals surface area contributed by atoms with Crippen LogP contribution in [0.1, 0.15) is 6.42 Å². The Kier molecular flexibility index (Phi) is 4.23. The third-order valence-electron chi connectivity index (χ3n) is 2.49. The van der Waals surface area contributed by atoms with Gasteiger partial charge in [-0.05, 0) is 0 Å². The van der Waals surface area contributed by atoms with Gasteiger partial charge in [0, 0.05) is 0 Å². The standard InChI is InChI=1S/C11H15O3PSe/c1-13-15(12)8-7-10(14-15)9-16-11-5-3-2-4-6-11/h2-6,10H,7-9H2,1H3. The Morgan fingerprint density at radius 3 is 2.88 bits per heavy atom. The van der Waals surface area contributed by atoms with Gasteiger partial charge in [0.25, 0.3) is 0 Å². The van der Waals surface area contributed by atoms with Crippen molar-refractivity contribution in [1.29, 1.82) is 0 Å². The summed E-state index contributed by atoms with van der Waals surface area (Å²) in [5.74, 6) is 0. The van der Waals surface area contributed by atoms with Gasteiger partial charge in [-0.25, -0.2) is 0 Å². The van der Waals surface area contributed by atoms with Crippen LogP contribution in [0.5, 0.6) is 0 Å². The monoisotopic (exact) mass is 306 g/mol. The molecule has 0 amide bonds. The topological polar surface area (TPSA) is 35.5 Å². The van der Waals surface area contributed by atoms with Crippen molar-refractivity contribution in [3.05, 3.63) is 30.3 Å².